The normalized spacial score (nSPS) is 11.3. The number of hydrogen-bond donors (Lipinski definition) is 2. The van der Waals surface area contributed by atoms with E-state index in [-0.39, 0.29) is 27.2 Å². The molecule has 0 atom stereocenters. The van der Waals surface area contributed by atoms with Crippen LogP contribution in [0.4, 0.5) is 5.69 Å². The number of anilines is 1. The summed E-state index contributed by atoms with van der Waals surface area (Å²) in [5, 5.41) is 12.7. The Bertz CT molecular complexity index is 768. The number of carboxylic acids is 1. The maximum Gasteiger partial charge on any atom is 0.325 e. The van der Waals surface area contributed by atoms with Gasteiger partial charge in [-0.15, -0.1) is 0 Å². The van der Waals surface area contributed by atoms with Gasteiger partial charge in [-0.2, -0.15) is 5.10 Å². The smallest absolute Gasteiger partial charge is 0.325 e. The molecule has 10 heteroatoms. The molecule has 0 aliphatic carbocycles. The molecule has 112 valence electrons. The highest BCUT2D eigenvalue weighted by atomic mass is 35.5. The number of rotatable bonds is 5. The third-order valence-electron chi connectivity index (χ3n) is 2.33. The summed E-state index contributed by atoms with van der Waals surface area (Å²) in [5.41, 5.74) is 0.132. The Morgan fingerprint density at radius 1 is 1.29 bits per heavy atom. The molecule has 0 bridgehead atoms. The minimum Gasteiger partial charge on any atom is -0.480 e. The summed E-state index contributed by atoms with van der Waals surface area (Å²) in [6, 6.07) is 3.90. The molecule has 0 aliphatic rings. The SMILES string of the molecule is O=C(O)Cn1cc(NS(=O)(=O)c2cc(Cl)cc(Cl)c2)cn1. The van der Waals surface area contributed by atoms with Crippen LogP contribution in [0.2, 0.25) is 10.0 Å². The van der Waals surface area contributed by atoms with Crippen molar-refractivity contribution >= 4 is 44.9 Å². The van der Waals surface area contributed by atoms with Gasteiger partial charge in [-0.25, -0.2) is 8.42 Å². The Morgan fingerprint density at radius 3 is 2.48 bits per heavy atom. The van der Waals surface area contributed by atoms with Gasteiger partial charge in [0, 0.05) is 16.2 Å². The van der Waals surface area contributed by atoms with Gasteiger partial charge in [-0.1, -0.05) is 23.2 Å². The Morgan fingerprint density at radius 2 is 1.90 bits per heavy atom. The molecule has 0 aliphatic heterocycles. The first-order valence-electron chi connectivity index (χ1n) is 5.49. The number of halogens is 2. The second-order valence-electron chi connectivity index (χ2n) is 4.03. The van der Waals surface area contributed by atoms with Gasteiger partial charge in [0.15, 0.2) is 0 Å². The van der Waals surface area contributed by atoms with E-state index in [1.807, 2.05) is 0 Å². The minimum absolute atomic E-state index is 0.106. The molecule has 0 amide bonds. The summed E-state index contributed by atoms with van der Waals surface area (Å²) in [4.78, 5) is 10.4. The first-order chi connectivity index (χ1) is 9.76. The molecular formula is C11H9Cl2N3O4S. The van der Waals surface area contributed by atoms with Crippen molar-refractivity contribution in [2.75, 3.05) is 4.72 Å². The molecule has 0 saturated heterocycles. The highest BCUT2D eigenvalue weighted by molar-refractivity contribution is 7.92. The zero-order valence-electron chi connectivity index (χ0n) is 10.3. The van der Waals surface area contributed by atoms with Gasteiger partial charge in [0.1, 0.15) is 6.54 Å². The highest BCUT2D eigenvalue weighted by Crippen LogP contribution is 2.24. The average Bonchev–Trinajstić information content (AvgIpc) is 2.73. The third-order valence-corrected chi connectivity index (χ3v) is 4.13. The largest absolute Gasteiger partial charge is 0.480 e. The van der Waals surface area contributed by atoms with E-state index in [0.29, 0.717) is 0 Å². The summed E-state index contributed by atoms with van der Waals surface area (Å²) in [6.45, 7) is -0.370. The number of benzene rings is 1. The van der Waals surface area contributed by atoms with Crippen LogP contribution in [0.1, 0.15) is 0 Å². The third kappa shape index (κ3) is 4.10. The fourth-order valence-corrected chi connectivity index (χ4v) is 3.29. The van der Waals surface area contributed by atoms with E-state index in [1.165, 1.54) is 30.6 Å². The maximum atomic E-state index is 12.2. The van der Waals surface area contributed by atoms with E-state index in [1.54, 1.807) is 0 Å². The molecule has 21 heavy (non-hydrogen) atoms. The number of nitrogens with one attached hydrogen (secondary N) is 1. The molecule has 2 aromatic rings. The standard InChI is InChI=1S/C11H9Cl2N3O4S/c12-7-1-8(13)3-10(2-7)21(19,20)15-9-4-14-16(5-9)6-11(17)18/h1-5,15H,6H2,(H,17,18). The van der Waals surface area contributed by atoms with E-state index in [0.717, 1.165) is 4.68 Å². The quantitative estimate of drug-likeness (QED) is 0.860. The van der Waals surface area contributed by atoms with Gasteiger partial charge in [0.05, 0.1) is 16.8 Å². The van der Waals surface area contributed by atoms with Crippen molar-refractivity contribution in [3.05, 3.63) is 40.6 Å². The molecule has 0 unspecified atom stereocenters. The van der Waals surface area contributed by atoms with Gasteiger partial charge in [0.25, 0.3) is 10.0 Å². The van der Waals surface area contributed by atoms with Crippen LogP contribution in [-0.4, -0.2) is 29.3 Å². The number of carbonyl (C=O) groups is 1. The van der Waals surface area contributed by atoms with E-state index in [9.17, 15) is 13.2 Å². The summed E-state index contributed by atoms with van der Waals surface area (Å²) in [5.74, 6) is -1.09. The lowest BCUT2D eigenvalue weighted by Crippen LogP contribution is -2.13. The van der Waals surface area contributed by atoms with Crippen molar-refractivity contribution in [2.45, 2.75) is 11.4 Å². The fourth-order valence-electron chi connectivity index (χ4n) is 1.54. The topological polar surface area (TPSA) is 101 Å². The van der Waals surface area contributed by atoms with Crippen molar-refractivity contribution in [3.63, 3.8) is 0 Å². The number of nitrogens with zero attached hydrogens (tertiary/aromatic N) is 2. The first-order valence-corrected chi connectivity index (χ1v) is 7.73. The molecule has 1 aromatic carbocycles. The highest BCUT2D eigenvalue weighted by Gasteiger charge is 2.17. The Labute approximate surface area is 130 Å². The predicted molar refractivity (Wildman–Crippen MR) is 77.1 cm³/mol. The Kier molecular flexibility index (Phi) is 4.40. The van der Waals surface area contributed by atoms with Crippen LogP contribution in [0.25, 0.3) is 0 Å². The van der Waals surface area contributed by atoms with Crippen LogP contribution in [0.15, 0.2) is 35.5 Å². The number of aromatic nitrogens is 2. The molecule has 2 rings (SSSR count). The molecule has 1 aromatic heterocycles. The molecule has 1 heterocycles. The van der Waals surface area contributed by atoms with Gasteiger partial charge in [-0.3, -0.25) is 14.2 Å². The lowest BCUT2D eigenvalue weighted by molar-refractivity contribution is -0.137. The van der Waals surface area contributed by atoms with Crippen molar-refractivity contribution in [1.29, 1.82) is 0 Å². The van der Waals surface area contributed by atoms with Gasteiger partial charge >= 0.3 is 5.97 Å². The zero-order valence-corrected chi connectivity index (χ0v) is 12.7. The molecule has 7 nitrogen and oxygen atoms in total. The minimum atomic E-state index is -3.89. The molecule has 0 saturated carbocycles. The van der Waals surface area contributed by atoms with Gasteiger partial charge in [-0.05, 0) is 18.2 Å². The van der Waals surface area contributed by atoms with E-state index >= 15 is 0 Å². The van der Waals surface area contributed by atoms with Crippen molar-refractivity contribution in [3.8, 4) is 0 Å². The van der Waals surface area contributed by atoms with Crippen LogP contribution in [-0.2, 0) is 21.4 Å². The van der Waals surface area contributed by atoms with E-state index < -0.39 is 16.0 Å². The average molecular weight is 350 g/mol. The summed E-state index contributed by atoms with van der Waals surface area (Å²) in [7, 11) is -3.89. The molecule has 0 radical (unpaired) electrons. The van der Waals surface area contributed by atoms with Crippen LogP contribution in [0.3, 0.4) is 0 Å². The maximum absolute atomic E-state index is 12.2. The molecular weight excluding hydrogens is 341 g/mol. The van der Waals surface area contributed by atoms with Crippen LogP contribution in [0.5, 0.6) is 0 Å². The first kappa shape index (κ1) is 15.6. The Balaban J connectivity index is 2.24. The van der Waals surface area contributed by atoms with E-state index in [4.69, 9.17) is 28.3 Å². The van der Waals surface area contributed by atoms with E-state index in [2.05, 4.69) is 9.82 Å². The molecule has 2 N–H and O–H groups in total. The number of hydrogen-bond acceptors (Lipinski definition) is 4. The van der Waals surface area contributed by atoms with Gasteiger partial charge < -0.3 is 5.11 Å². The molecule has 0 spiro atoms. The van der Waals surface area contributed by atoms with Crippen molar-refractivity contribution in [2.24, 2.45) is 0 Å². The monoisotopic (exact) mass is 349 g/mol. The van der Waals surface area contributed by atoms with Crippen LogP contribution in [0, 0.1) is 0 Å². The fraction of sp³-hybridized carbons (Fsp3) is 0.0909. The summed E-state index contributed by atoms with van der Waals surface area (Å²) in [6.07, 6.45) is 2.46. The number of sulfonamides is 1. The zero-order chi connectivity index (χ0) is 15.6. The summed E-state index contributed by atoms with van der Waals surface area (Å²) < 4.78 is 27.7. The van der Waals surface area contributed by atoms with Crippen LogP contribution >= 0.6 is 23.2 Å². The van der Waals surface area contributed by atoms with Crippen molar-refractivity contribution in [1.82, 2.24) is 9.78 Å². The van der Waals surface area contributed by atoms with Crippen LogP contribution < -0.4 is 4.72 Å². The number of aliphatic carboxylic acids is 1. The van der Waals surface area contributed by atoms with Crippen molar-refractivity contribution < 1.29 is 18.3 Å². The second kappa shape index (κ2) is 5.92. The second-order valence-corrected chi connectivity index (χ2v) is 6.59. The summed E-state index contributed by atoms with van der Waals surface area (Å²) >= 11 is 11.5. The van der Waals surface area contributed by atoms with Gasteiger partial charge in [0.2, 0.25) is 0 Å². The lowest BCUT2D eigenvalue weighted by Gasteiger charge is -2.06. The number of carboxylic acid groups (broad SMARTS) is 1. The lowest BCUT2D eigenvalue weighted by atomic mass is 10.4. The molecule has 0 fully saturated rings. The Hall–Kier alpha value is -1.77. The predicted octanol–water partition coefficient (Wildman–Crippen LogP) is 2.08.